The Morgan fingerprint density at radius 3 is 2.82 bits per heavy atom. The maximum absolute atomic E-state index is 12.7. The van der Waals surface area contributed by atoms with Crippen LogP contribution in [0.1, 0.15) is 34.5 Å². The second-order valence-corrected chi connectivity index (χ2v) is 7.40. The molecule has 1 heterocycles. The minimum absolute atomic E-state index is 0.000406. The van der Waals surface area contributed by atoms with Gasteiger partial charge in [-0.25, -0.2) is 0 Å². The van der Waals surface area contributed by atoms with Crippen molar-refractivity contribution in [2.75, 3.05) is 7.11 Å². The Morgan fingerprint density at radius 1 is 1.32 bits per heavy atom. The molecular weight excluding hydrogens is 457 g/mol. The summed E-state index contributed by atoms with van der Waals surface area (Å²) in [5.74, 6) is 0.897. The van der Waals surface area contributed by atoms with E-state index in [1.807, 2.05) is 41.3 Å². The van der Waals surface area contributed by atoms with Crippen LogP contribution in [0.15, 0.2) is 40.9 Å². The molecule has 1 atom stereocenters. The third kappa shape index (κ3) is 2.76. The van der Waals surface area contributed by atoms with Crippen LogP contribution in [-0.4, -0.2) is 17.9 Å². The van der Waals surface area contributed by atoms with Crippen molar-refractivity contribution < 1.29 is 9.53 Å². The highest BCUT2D eigenvalue weighted by molar-refractivity contribution is 14.1. The third-order valence-electron chi connectivity index (χ3n) is 4.02. The number of carbonyl (C=O) groups is 1. The van der Waals surface area contributed by atoms with E-state index < -0.39 is 0 Å². The van der Waals surface area contributed by atoms with Gasteiger partial charge in [0.05, 0.1) is 13.2 Å². The second-order valence-electron chi connectivity index (χ2n) is 5.30. The Hall–Kier alpha value is -1.08. The molecule has 0 fully saturated rings. The number of benzene rings is 2. The number of hydrogen-bond donors (Lipinski definition) is 0. The molecular formula is C17H15BrINO2. The summed E-state index contributed by atoms with van der Waals surface area (Å²) in [6.07, 6.45) is 0. The molecule has 0 spiro atoms. The molecule has 0 radical (unpaired) electrons. The lowest BCUT2D eigenvalue weighted by atomic mass is 10.1. The fraction of sp³-hybridized carbons (Fsp3) is 0.235. The zero-order chi connectivity index (χ0) is 15.9. The minimum atomic E-state index is -0.000406. The average molecular weight is 472 g/mol. The lowest BCUT2D eigenvalue weighted by Gasteiger charge is -2.25. The van der Waals surface area contributed by atoms with Gasteiger partial charge in [0.15, 0.2) is 0 Å². The van der Waals surface area contributed by atoms with Crippen molar-refractivity contribution in [2.24, 2.45) is 0 Å². The maximum atomic E-state index is 12.7. The standard InChI is InChI=1S/C17H15BrINO2/c1-10(11-4-3-5-13(6-11)22-2)20-9-15-14(17(20)21)7-12(19)8-16(15)18/h3-8,10H,9H2,1-2H3/t10-/m1/s1. The molecule has 22 heavy (non-hydrogen) atoms. The third-order valence-corrected chi connectivity index (χ3v) is 5.35. The van der Waals surface area contributed by atoms with E-state index in [-0.39, 0.29) is 11.9 Å². The molecule has 0 N–H and O–H groups in total. The number of nitrogens with zero attached hydrogens (tertiary/aromatic N) is 1. The zero-order valence-corrected chi connectivity index (χ0v) is 16.0. The van der Waals surface area contributed by atoms with Gasteiger partial charge in [-0.1, -0.05) is 28.1 Å². The van der Waals surface area contributed by atoms with Crippen LogP contribution in [0.4, 0.5) is 0 Å². The smallest absolute Gasteiger partial charge is 0.255 e. The summed E-state index contributed by atoms with van der Waals surface area (Å²) in [4.78, 5) is 14.6. The molecule has 0 aromatic heterocycles. The van der Waals surface area contributed by atoms with Gasteiger partial charge < -0.3 is 9.64 Å². The predicted octanol–water partition coefficient (Wildman–Crippen LogP) is 4.78. The molecule has 3 rings (SSSR count). The highest BCUT2D eigenvalue weighted by atomic mass is 127. The first kappa shape index (κ1) is 15.8. The van der Waals surface area contributed by atoms with E-state index in [1.165, 1.54) is 0 Å². The van der Waals surface area contributed by atoms with Crippen LogP contribution in [0.2, 0.25) is 0 Å². The van der Waals surface area contributed by atoms with E-state index in [4.69, 9.17) is 4.74 Å². The van der Waals surface area contributed by atoms with Crippen molar-refractivity contribution in [1.82, 2.24) is 4.90 Å². The average Bonchev–Trinajstić information content (AvgIpc) is 2.84. The second kappa shape index (κ2) is 6.20. The van der Waals surface area contributed by atoms with Crippen LogP contribution >= 0.6 is 38.5 Å². The molecule has 2 aromatic rings. The van der Waals surface area contributed by atoms with Crippen molar-refractivity contribution in [3.8, 4) is 5.75 Å². The number of methoxy groups -OCH3 is 1. The van der Waals surface area contributed by atoms with Gasteiger partial charge in [0, 0.05) is 20.2 Å². The van der Waals surface area contributed by atoms with Crippen LogP contribution in [0.3, 0.4) is 0 Å². The fourth-order valence-electron chi connectivity index (χ4n) is 2.75. The number of carbonyl (C=O) groups excluding carboxylic acids is 1. The number of hydrogen-bond acceptors (Lipinski definition) is 2. The van der Waals surface area contributed by atoms with Crippen LogP contribution in [0.25, 0.3) is 0 Å². The molecule has 2 aromatic carbocycles. The largest absolute Gasteiger partial charge is 0.497 e. The Kier molecular flexibility index (Phi) is 4.45. The number of halogens is 2. The highest BCUT2D eigenvalue weighted by Gasteiger charge is 2.33. The van der Waals surface area contributed by atoms with Gasteiger partial charge in [-0.05, 0) is 64.9 Å². The Morgan fingerprint density at radius 2 is 2.09 bits per heavy atom. The monoisotopic (exact) mass is 471 g/mol. The van der Waals surface area contributed by atoms with E-state index in [2.05, 4.69) is 45.4 Å². The first-order valence-electron chi connectivity index (χ1n) is 6.94. The number of fused-ring (bicyclic) bond motifs is 1. The quantitative estimate of drug-likeness (QED) is 0.603. The maximum Gasteiger partial charge on any atom is 0.255 e. The summed E-state index contributed by atoms with van der Waals surface area (Å²) in [5.41, 5.74) is 2.94. The van der Waals surface area contributed by atoms with E-state index >= 15 is 0 Å². The summed E-state index contributed by atoms with van der Waals surface area (Å²) in [6.45, 7) is 2.68. The zero-order valence-electron chi connectivity index (χ0n) is 12.3. The lowest BCUT2D eigenvalue weighted by Crippen LogP contribution is -2.27. The molecule has 0 saturated carbocycles. The number of ether oxygens (including phenoxy) is 1. The molecule has 5 heteroatoms. The normalized spacial score (nSPS) is 14.9. The molecule has 1 aliphatic heterocycles. The summed E-state index contributed by atoms with van der Waals surface area (Å²) >= 11 is 5.81. The summed E-state index contributed by atoms with van der Waals surface area (Å²) in [7, 11) is 1.65. The van der Waals surface area contributed by atoms with E-state index in [0.717, 1.165) is 30.5 Å². The van der Waals surface area contributed by atoms with Crippen molar-refractivity contribution in [1.29, 1.82) is 0 Å². The molecule has 1 aliphatic rings. The van der Waals surface area contributed by atoms with Gasteiger partial charge in [0.2, 0.25) is 0 Å². The van der Waals surface area contributed by atoms with Crippen LogP contribution in [0, 0.1) is 3.57 Å². The highest BCUT2D eigenvalue weighted by Crippen LogP contribution is 2.36. The van der Waals surface area contributed by atoms with Gasteiger partial charge >= 0.3 is 0 Å². The first-order valence-corrected chi connectivity index (χ1v) is 8.81. The van der Waals surface area contributed by atoms with Crippen LogP contribution in [0.5, 0.6) is 5.75 Å². The summed E-state index contributed by atoms with van der Waals surface area (Å²) in [6, 6.07) is 11.9. The van der Waals surface area contributed by atoms with Crippen molar-refractivity contribution in [3.63, 3.8) is 0 Å². The van der Waals surface area contributed by atoms with Crippen LogP contribution < -0.4 is 4.74 Å². The van der Waals surface area contributed by atoms with E-state index in [1.54, 1.807) is 7.11 Å². The van der Waals surface area contributed by atoms with E-state index in [0.29, 0.717) is 6.54 Å². The molecule has 114 valence electrons. The minimum Gasteiger partial charge on any atom is -0.497 e. The van der Waals surface area contributed by atoms with Gasteiger partial charge in [-0.2, -0.15) is 0 Å². The molecule has 0 saturated heterocycles. The van der Waals surface area contributed by atoms with Gasteiger partial charge in [-0.15, -0.1) is 0 Å². The van der Waals surface area contributed by atoms with Crippen molar-refractivity contribution >= 4 is 44.4 Å². The Bertz CT molecular complexity index is 747. The molecule has 0 unspecified atom stereocenters. The topological polar surface area (TPSA) is 29.5 Å². The Balaban J connectivity index is 1.94. The van der Waals surface area contributed by atoms with Crippen molar-refractivity contribution in [2.45, 2.75) is 19.5 Å². The molecule has 0 bridgehead atoms. The number of amides is 1. The van der Waals surface area contributed by atoms with E-state index in [9.17, 15) is 4.79 Å². The summed E-state index contributed by atoms with van der Waals surface area (Å²) in [5, 5.41) is 0. The SMILES string of the molecule is COc1cccc([C@@H](C)N2Cc3c(Br)cc(I)cc3C2=O)c1. The van der Waals surface area contributed by atoms with Gasteiger partial charge in [0.1, 0.15) is 5.75 Å². The fourth-order valence-corrected chi connectivity index (χ4v) is 4.38. The lowest BCUT2D eigenvalue weighted by molar-refractivity contribution is 0.0715. The summed E-state index contributed by atoms with van der Waals surface area (Å²) < 4.78 is 7.34. The molecule has 0 aliphatic carbocycles. The predicted molar refractivity (Wildman–Crippen MR) is 98.1 cm³/mol. The van der Waals surface area contributed by atoms with Gasteiger partial charge in [0.25, 0.3) is 5.91 Å². The first-order chi connectivity index (χ1) is 10.5. The Labute approximate surface area is 151 Å². The molecule has 3 nitrogen and oxygen atoms in total. The number of rotatable bonds is 3. The molecule has 1 amide bonds. The van der Waals surface area contributed by atoms with Crippen molar-refractivity contribution in [3.05, 3.63) is 61.1 Å². The van der Waals surface area contributed by atoms with Crippen LogP contribution in [-0.2, 0) is 6.54 Å². The van der Waals surface area contributed by atoms with Gasteiger partial charge in [-0.3, -0.25) is 4.79 Å².